The van der Waals surface area contributed by atoms with Crippen LogP contribution in [0.3, 0.4) is 0 Å². The van der Waals surface area contributed by atoms with Gasteiger partial charge in [-0.1, -0.05) is 60.7 Å². The van der Waals surface area contributed by atoms with Gasteiger partial charge in [0, 0.05) is 11.1 Å². The van der Waals surface area contributed by atoms with E-state index in [4.69, 9.17) is 9.52 Å². The first-order valence-electron chi connectivity index (χ1n) is 6.91. The van der Waals surface area contributed by atoms with E-state index in [1.54, 1.807) is 0 Å². The molecule has 2 N–H and O–H groups in total. The molecule has 0 spiro atoms. The second-order valence-electron chi connectivity index (χ2n) is 4.80. The van der Waals surface area contributed by atoms with Gasteiger partial charge in [0.05, 0.1) is 6.08 Å². The Balaban J connectivity index is 2.15. The Bertz CT molecular complexity index is 794. The number of nitrogens with zero attached hydrogens (tertiary/aromatic N) is 1. The van der Waals surface area contributed by atoms with E-state index in [2.05, 4.69) is 4.98 Å². The quantitative estimate of drug-likeness (QED) is 0.562. The van der Waals surface area contributed by atoms with E-state index in [0.717, 1.165) is 17.2 Å². The number of aliphatic hydroxyl groups excluding tert-OH is 1. The highest BCUT2D eigenvalue weighted by Crippen LogP contribution is 2.32. The lowest BCUT2D eigenvalue weighted by Crippen LogP contribution is -1.98. The van der Waals surface area contributed by atoms with Gasteiger partial charge >= 0.3 is 5.97 Å². The van der Waals surface area contributed by atoms with Crippen LogP contribution in [-0.2, 0) is 4.79 Å². The average molecular weight is 307 g/mol. The lowest BCUT2D eigenvalue weighted by molar-refractivity contribution is -0.135. The number of hydrogen-bond donors (Lipinski definition) is 2. The highest BCUT2D eigenvalue weighted by molar-refractivity contribution is 5.89. The second-order valence-corrected chi connectivity index (χ2v) is 4.80. The lowest BCUT2D eigenvalue weighted by atomic mass is 10.1. The first kappa shape index (κ1) is 14.6. The number of carbonyl (C=O) groups is 1. The largest absolute Gasteiger partial charge is 0.502 e. The van der Waals surface area contributed by atoms with Crippen LogP contribution in [0.5, 0.6) is 0 Å². The van der Waals surface area contributed by atoms with Crippen molar-refractivity contribution < 1.29 is 19.4 Å². The van der Waals surface area contributed by atoms with Gasteiger partial charge in [-0.2, -0.15) is 0 Å². The number of benzene rings is 2. The van der Waals surface area contributed by atoms with Crippen molar-refractivity contribution in [3.05, 3.63) is 72.3 Å². The lowest BCUT2D eigenvalue weighted by Gasteiger charge is -2.00. The molecule has 0 atom stereocenters. The number of hydrogen-bond acceptors (Lipinski definition) is 4. The van der Waals surface area contributed by atoms with Gasteiger partial charge in [-0.3, -0.25) is 0 Å². The van der Waals surface area contributed by atoms with Crippen molar-refractivity contribution in [2.75, 3.05) is 0 Å². The maximum atomic E-state index is 10.7. The Morgan fingerprint density at radius 2 is 1.48 bits per heavy atom. The van der Waals surface area contributed by atoms with E-state index in [1.807, 2.05) is 60.7 Å². The van der Waals surface area contributed by atoms with Crippen LogP contribution < -0.4 is 0 Å². The topological polar surface area (TPSA) is 83.6 Å². The molecule has 0 aliphatic heterocycles. The summed E-state index contributed by atoms with van der Waals surface area (Å²) >= 11 is 0. The van der Waals surface area contributed by atoms with Crippen LogP contribution in [0, 0.1) is 0 Å². The minimum atomic E-state index is -1.44. The van der Waals surface area contributed by atoms with E-state index in [1.165, 1.54) is 0 Å². The zero-order valence-corrected chi connectivity index (χ0v) is 12.0. The van der Waals surface area contributed by atoms with Gasteiger partial charge in [0.25, 0.3) is 0 Å². The van der Waals surface area contributed by atoms with Crippen molar-refractivity contribution in [3.63, 3.8) is 0 Å². The molecule has 0 unspecified atom stereocenters. The number of oxazole rings is 1. The fraction of sp³-hybridized carbons (Fsp3) is 0. The Kier molecular flexibility index (Phi) is 3.93. The van der Waals surface area contributed by atoms with Crippen molar-refractivity contribution >= 4 is 12.0 Å². The Labute approximate surface area is 132 Å². The summed E-state index contributed by atoms with van der Waals surface area (Å²) in [6, 6.07) is 18.8. The van der Waals surface area contributed by atoms with Gasteiger partial charge < -0.3 is 14.6 Å². The van der Waals surface area contributed by atoms with E-state index < -0.39 is 11.7 Å². The molecule has 114 valence electrons. The summed E-state index contributed by atoms with van der Waals surface area (Å²) in [5.74, 6) is -1.72. The predicted molar refractivity (Wildman–Crippen MR) is 85.6 cm³/mol. The van der Waals surface area contributed by atoms with E-state index in [0.29, 0.717) is 11.5 Å². The summed E-state index contributed by atoms with van der Waals surface area (Å²) < 4.78 is 5.67. The molecule has 5 nitrogen and oxygen atoms in total. The minimum Gasteiger partial charge on any atom is -0.502 e. The molecule has 0 saturated heterocycles. The minimum absolute atomic E-state index is 0.0302. The van der Waals surface area contributed by atoms with Crippen molar-refractivity contribution in [1.29, 1.82) is 0 Å². The molecule has 1 heterocycles. The molecule has 0 radical (unpaired) electrons. The summed E-state index contributed by atoms with van der Waals surface area (Å²) in [6.07, 6.45) is 0.987. The van der Waals surface area contributed by atoms with Crippen LogP contribution >= 0.6 is 0 Å². The van der Waals surface area contributed by atoms with Crippen molar-refractivity contribution in [3.8, 4) is 22.6 Å². The van der Waals surface area contributed by atoms with Crippen LogP contribution in [0.25, 0.3) is 28.7 Å². The van der Waals surface area contributed by atoms with Crippen molar-refractivity contribution in [2.24, 2.45) is 0 Å². The van der Waals surface area contributed by atoms with Crippen LogP contribution in [-0.4, -0.2) is 21.2 Å². The Hall–Kier alpha value is -3.34. The van der Waals surface area contributed by atoms with Gasteiger partial charge in [0.1, 0.15) is 5.69 Å². The van der Waals surface area contributed by atoms with Crippen LogP contribution in [0.1, 0.15) is 5.89 Å². The molecular weight excluding hydrogens is 294 g/mol. The second kappa shape index (κ2) is 6.19. The highest BCUT2D eigenvalue weighted by atomic mass is 16.4. The Morgan fingerprint density at radius 1 is 0.913 bits per heavy atom. The molecule has 5 heteroatoms. The standard InChI is InChI=1S/C18H13NO4/c20-14(18(21)22)11-15-19-16(12-7-3-1-4-8-12)17(23-15)13-9-5-2-6-10-13/h1-11,20H,(H,21,22)/b14-11-. The molecule has 23 heavy (non-hydrogen) atoms. The molecule has 0 amide bonds. The molecular formula is C18H13NO4. The number of aliphatic carboxylic acids is 1. The monoisotopic (exact) mass is 307 g/mol. The molecule has 1 aromatic heterocycles. The summed E-state index contributed by atoms with van der Waals surface area (Å²) in [5.41, 5.74) is 2.24. The van der Waals surface area contributed by atoms with E-state index in [-0.39, 0.29) is 5.89 Å². The van der Waals surface area contributed by atoms with E-state index >= 15 is 0 Å². The van der Waals surface area contributed by atoms with E-state index in [9.17, 15) is 9.90 Å². The summed E-state index contributed by atoms with van der Waals surface area (Å²) in [5, 5.41) is 18.1. The SMILES string of the molecule is O=C(O)/C(O)=C/c1nc(-c2ccccc2)c(-c2ccccc2)o1. The molecule has 0 aliphatic rings. The molecule has 0 saturated carbocycles. The van der Waals surface area contributed by atoms with Crippen molar-refractivity contribution in [2.45, 2.75) is 0 Å². The Morgan fingerprint density at radius 3 is 2.04 bits per heavy atom. The molecule has 3 aromatic rings. The predicted octanol–water partition coefficient (Wildman–Crippen LogP) is 3.99. The zero-order chi connectivity index (χ0) is 16.2. The number of carboxylic acids is 1. The molecule has 0 bridgehead atoms. The maximum absolute atomic E-state index is 10.7. The van der Waals surface area contributed by atoms with Gasteiger partial charge in [-0.15, -0.1) is 0 Å². The highest BCUT2D eigenvalue weighted by Gasteiger charge is 2.17. The number of rotatable bonds is 4. The van der Waals surface area contributed by atoms with Gasteiger partial charge in [-0.05, 0) is 0 Å². The van der Waals surface area contributed by atoms with Gasteiger partial charge in [0.15, 0.2) is 5.76 Å². The zero-order valence-electron chi connectivity index (χ0n) is 12.0. The average Bonchev–Trinajstić information content (AvgIpc) is 3.00. The van der Waals surface area contributed by atoms with Crippen LogP contribution in [0.4, 0.5) is 0 Å². The normalized spacial score (nSPS) is 11.4. The maximum Gasteiger partial charge on any atom is 0.371 e. The van der Waals surface area contributed by atoms with Crippen LogP contribution in [0.15, 0.2) is 70.8 Å². The fourth-order valence-electron chi connectivity index (χ4n) is 2.15. The summed E-state index contributed by atoms with van der Waals surface area (Å²) in [4.78, 5) is 15.1. The molecule has 3 rings (SSSR count). The smallest absolute Gasteiger partial charge is 0.371 e. The van der Waals surface area contributed by atoms with Crippen LogP contribution in [0.2, 0.25) is 0 Å². The van der Waals surface area contributed by atoms with Crippen molar-refractivity contribution in [1.82, 2.24) is 4.98 Å². The number of aliphatic hydroxyl groups is 1. The third kappa shape index (κ3) is 3.13. The molecule has 0 aliphatic carbocycles. The summed E-state index contributed by atoms with van der Waals surface area (Å²) in [7, 11) is 0. The summed E-state index contributed by atoms with van der Waals surface area (Å²) in [6.45, 7) is 0. The third-order valence-electron chi connectivity index (χ3n) is 3.21. The fourth-order valence-corrected chi connectivity index (χ4v) is 2.15. The van der Waals surface area contributed by atoms with Gasteiger partial charge in [0.2, 0.25) is 11.6 Å². The first-order valence-corrected chi connectivity index (χ1v) is 6.91. The first-order chi connectivity index (χ1) is 11.1. The number of aromatic nitrogens is 1. The molecule has 0 fully saturated rings. The third-order valence-corrected chi connectivity index (χ3v) is 3.21. The number of carboxylic acid groups (broad SMARTS) is 1. The van der Waals surface area contributed by atoms with Gasteiger partial charge in [-0.25, -0.2) is 9.78 Å². The molecule has 2 aromatic carbocycles.